The molecule has 4 rings (SSSR count). The van der Waals surface area contributed by atoms with Crippen LogP contribution >= 0.6 is 0 Å². The first-order valence-electron chi connectivity index (χ1n) is 11.7. The number of likely N-dealkylation sites (tertiary alicyclic amines) is 1. The molecule has 1 saturated heterocycles. The average molecular weight is 501 g/mol. The van der Waals surface area contributed by atoms with E-state index in [1.165, 1.54) is 18.5 Å². The fraction of sp³-hybridized carbons (Fsp3) is 0.542. The molecule has 2 aromatic rings. The largest absolute Gasteiger partial charge is 0.483 e. The van der Waals surface area contributed by atoms with E-state index in [1.807, 2.05) is 0 Å². The van der Waals surface area contributed by atoms with Crippen LogP contribution in [-0.4, -0.2) is 62.6 Å². The number of nitriles is 1. The molecule has 12 heteroatoms. The molecule has 0 aliphatic carbocycles. The molecular formula is C24H30F2N8O2. The lowest BCUT2D eigenvalue weighted by Crippen LogP contribution is -2.61. The minimum atomic E-state index is -3.99. The summed E-state index contributed by atoms with van der Waals surface area (Å²) in [6.45, 7) is 10.3. The molecule has 0 radical (unpaired) electrons. The number of nitrogens with one attached hydrogen (secondary N) is 2. The highest BCUT2D eigenvalue weighted by atomic mass is 19.3. The van der Waals surface area contributed by atoms with Crippen LogP contribution < -0.4 is 20.3 Å². The molecule has 0 atom stereocenters. The minimum absolute atomic E-state index is 0.00886. The second-order valence-corrected chi connectivity index (χ2v) is 10.3. The zero-order valence-corrected chi connectivity index (χ0v) is 21.2. The number of nitrogens with zero attached hydrogens (tertiary/aromatic N) is 6. The summed E-state index contributed by atoms with van der Waals surface area (Å²) in [5.41, 5.74) is 0.446. The summed E-state index contributed by atoms with van der Waals surface area (Å²) >= 11 is 0. The summed E-state index contributed by atoms with van der Waals surface area (Å²) in [4.78, 5) is 27.9. The van der Waals surface area contributed by atoms with Gasteiger partial charge in [0.15, 0.2) is 11.6 Å². The monoisotopic (exact) mass is 500 g/mol. The maximum atomic E-state index is 14.0. The molecule has 1 amide bonds. The maximum absolute atomic E-state index is 14.0. The van der Waals surface area contributed by atoms with Crippen LogP contribution in [0.15, 0.2) is 18.5 Å². The molecule has 2 aromatic heterocycles. The van der Waals surface area contributed by atoms with E-state index in [0.717, 1.165) is 17.7 Å². The summed E-state index contributed by atoms with van der Waals surface area (Å²) in [5.74, 6) is -1.16. The van der Waals surface area contributed by atoms with Gasteiger partial charge in [0.2, 0.25) is 5.95 Å². The highest BCUT2D eigenvalue weighted by molar-refractivity contribution is 6.00. The van der Waals surface area contributed by atoms with Crippen LogP contribution in [0.1, 0.15) is 53.0 Å². The first-order chi connectivity index (χ1) is 16.8. The number of halogens is 2. The molecule has 4 heterocycles. The summed E-state index contributed by atoms with van der Waals surface area (Å²) in [6.07, 6.45) is 0.477. The van der Waals surface area contributed by atoms with Crippen molar-refractivity contribution in [3.8, 4) is 11.8 Å². The van der Waals surface area contributed by atoms with Crippen molar-refractivity contribution in [3.63, 3.8) is 0 Å². The number of hydrogen-bond acceptors (Lipinski definition) is 9. The molecule has 0 bridgehead atoms. The topological polar surface area (TPSA) is 119 Å². The van der Waals surface area contributed by atoms with Crippen molar-refractivity contribution >= 4 is 29.2 Å². The molecule has 2 aliphatic rings. The Morgan fingerprint density at radius 1 is 1.19 bits per heavy atom. The number of aromatic nitrogens is 3. The molecule has 0 unspecified atom stereocenters. The van der Waals surface area contributed by atoms with E-state index in [2.05, 4.69) is 76.0 Å². The van der Waals surface area contributed by atoms with E-state index >= 15 is 0 Å². The van der Waals surface area contributed by atoms with E-state index in [-0.39, 0.29) is 46.9 Å². The van der Waals surface area contributed by atoms with Crippen LogP contribution in [0.5, 0.6) is 5.75 Å². The third-order valence-corrected chi connectivity index (χ3v) is 6.95. The Kier molecular flexibility index (Phi) is 6.24. The molecule has 36 heavy (non-hydrogen) atoms. The number of alkyl halides is 2. The van der Waals surface area contributed by atoms with Crippen LogP contribution in [0.3, 0.4) is 0 Å². The molecule has 0 aromatic carbocycles. The van der Waals surface area contributed by atoms with Crippen molar-refractivity contribution in [2.75, 3.05) is 29.1 Å². The van der Waals surface area contributed by atoms with Crippen LogP contribution in [-0.2, 0) is 4.79 Å². The third kappa shape index (κ3) is 4.63. The smallest absolute Gasteiger partial charge is 0.421 e. The molecule has 0 saturated carbocycles. The Hall–Kier alpha value is -3.59. The highest BCUT2D eigenvalue weighted by Crippen LogP contribution is 2.40. The van der Waals surface area contributed by atoms with Crippen LogP contribution in [0, 0.1) is 11.3 Å². The Labute approximate surface area is 208 Å². The molecule has 0 spiro atoms. The third-order valence-electron chi connectivity index (χ3n) is 6.95. The Morgan fingerprint density at radius 3 is 2.47 bits per heavy atom. The van der Waals surface area contributed by atoms with Gasteiger partial charge < -0.3 is 15.4 Å². The normalized spacial score (nSPS) is 20.8. The first-order valence-corrected chi connectivity index (χ1v) is 11.7. The van der Waals surface area contributed by atoms with Crippen LogP contribution in [0.2, 0.25) is 0 Å². The van der Waals surface area contributed by atoms with E-state index in [1.54, 1.807) is 6.92 Å². The van der Waals surface area contributed by atoms with Gasteiger partial charge in [0, 0.05) is 29.7 Å². The van der Waals surface area contributed by atoms with Gasteiger partial charge in [-0.2, -0.15) is 19.0 Å². The van der Waals surface area contributed by atoms with Crippen molar-refractivity contribution in [1.82, 2.24) is 19.9 Å². The Bertz CT molecular complexity index is 1210. The number of rotatable bonds is 5. The number of carbonyl (C=O) groups excluding carboxylic acids is 1. The number of amides is 1. The predicted octanol–water partition coefficient (Wildman–Crippen LogP) is 3.89. The quantitative estimate of drug-likeness (QED) is 0.630. The number of pyridine rings is 1. The molecule has 10 nitrogen and oxygen atoms in total. The standard InChI is InChI=1S/C24H30F2N8O2/c1-7-34-19-17(36-24(25,26)20(34)35)8-15(13-28-19)31-21-29-12-14(11-27)18(32-21)30-16-9-22(2,3)33(6)23(4,5)10-16/h8,12-13,16H,7,9-10H2,1-6H3,(H2,29,30,31,32). The Balaban J connectivity index is 1.58. The summed E-state index contributed by atoms with van der Waals surface area (Å²) < 4.78 is 32.7. The van der Waals surface area contributed by atoms with Crippen molar-refractivity contribution in [2.24, 2.45) is 0 Å². The van der Waals surface area contributed by atoms with Gasteiger partial charge in [-0.1, -0.05) is 0 Å². The number of likely N-dealkylation sites (N-methyl/N-ethyl adjacent to an activating group) is 1. The van der Waals surface area contributed by atoms with E-state index in [4.69, 9.17) is 0 Å². The lowest BCUT2D eigenvalue weighted by atomic mass is 9.77. The van der Waals surface area contributed by atoms with Gasteiger partial charge in [0.1, 0.15) is 17.5 Å². The second-order valence-electron chi connectivity index (χ2n) is 10.3. The molecule has 192 valence electrons. The average Bonchev–Trinajstić information content (AvgIpc) is 2.78. The van der Waals surface area contributed by atoms with Gasteiger partial charge >= 0.3 is 12.0 Å². The zero-order chi connectivity index (χ0) is 26.5. The molecule has 2 aliphatic heterocycles. The molecule has 2 N–H and O–H groups in total. The predicted molar refractivity (Wildman–Crippen MR) is 130 cm³/mol. The fourth-order valence-corrected chi connectivity index (χ4v) is 4.94. The van der Waals surface area contributed by atoms with Gasteiger partial charge in [-0.15, -0.1) is 0 Å². The molecular weight excluding hydrogens is 470 g/mol. The zero-order valence-electron chi connectivity index (χ0n) is 21.2. The number of carbonyl (C=O) groups is 1. The highest BCUT2D eigenvalue weighted by Gasteiger charge is 2.50. The minimum Gasteiger partial charge on any atom is -0.421 e. The first kappa shape index (κ1) is 25.5. The van der Waals surface area contributed by atoms with Gasteiger partial charge in [-0.25, -0.2) is 9.97 Å². The summed E-state index contributed by atoms with van der Waals surface area (Å²) in [5, 5.41) is 15.9. The number of hydrogen-bond donors (Lipinski definition) is 2. The van der Waals surface area contributed by atoms with Crippen LogP contribution in [0.4, 0.5) is 32.1 Å². The van der Waals surface area contributed by atoms with Gasteiger partial charge in [0.05, 0.1) is 18.1 Å². The molecule has 1 fully saturated rings. The number of ether oxygens (including phenoxy) is 1. The SMILES string of the molecule is CCN1C(=O)C(F)(F)Oc2cc(Nc3ncc(C#N)c(NC4CC(C)(C)N(C)C(C)(C)C4)n3)cnc21. The second kappa shape index (κ2) is 8.81. The number of fused-ring (bicyclic) bond motifs is 1. The summed E-state index contributed by atoms with van der Waals surface area (Å²) in [7, 11) is 2.12. The summed E-state index contributed by atoms with van der Waals surface area (Å²) in [6, 6.07) is 3.49. The van der Waals surface area contributed by atoms with Gasteiger partial charge in [-0.05, 0) is 54.5 Å². The lowest BCUT2D eigenvalue weighted by Gasteiger charge is -2.53. The van der Waals surface area contributed by atoms with E-state index in [0.29, 0.717) is 11.4 Å². The van der Waals surface area contributed by atoms with Gasteiger partial charge in [-0.3, -0.25) is 14.6 Å². The number of anilines is 4. The van der Waals surface area contributed by atoms with Crippen molar-refractivity contribution in [3.05, 3.63) is 24.0 Å². The number of piperidine rings is 1. The maximum Gasteiger partial charge on any atom is 0.483 e. The van der Waals surface area contributed by atoms with Crippen molar-refractivity contribution in [2.45, 2.75) is 70.7 Å². The van der Waals surface area contributed by atoms with E-state index < -0.39 is 12.0 Å². The van der Waals surface area contributed by atoms with E-state index in [9.17, 15) is 18.8 Å². The lowest BCUT2D eigenvalue weighted by molar-refractivity contribution is -0.192. The Morgan fingerprint density at radius 2 is 1.86 bits per heavy atom. The van der Waals surface area contributed by atoms with Gasteiger partial charge in [0.25, 0.3) is 0 Å². The van der Waals surface area contributed by atoms with Crippen molar-refractivity contribution < 1.29 is 18.3 Å². The fourth-order valence-electron chi connectivity index (χ4n) is 4.94. The van der Waals surface area contributed by atoms with Crippen LogP contribution in [0.25, 0.3) is 0 Å². The van der Waals surface area contributed by atoms with Crippen molar-refractivity contribution in [1.29, 1.82) is 5.26 Å².